The molecule has 2 unspecified atom stereocenters. The van der Waals surface area contributed by atoms with Crippen molar-refractivity contribution < 1.29 is 4.74 Å². The Morgan fingerprint density at radius 3 is 2.72 bits per heavy atom. The summed E-state index contributed by atoms with van der Waals surface area (Å²) in [6, 6.07) is 5.11. The molecule has 0 bridgehead atoms. The Bertz CT molecular complexity index is 417. The molecule has 3 heteroatoms. The molecule has 0 aromatic heterocycles. The lowest BCUT2D eigenvalue weighted by molar-refractivity contribution is 0.399. The predicted molar refractivity (Wildman–Crippen MR) is 74.9 cm³/mol. The van der Waals surface area contributed by atoms with Gasteiger partial charge in [0.05, 0.1) is 7.11 Å². The van der Waals surface area contributed by atoms with Crippen molar-refractivity contribution in [2.45, 2.75) is 51.7 Å². The summed E-state index contributed by atoms with van der Waals surface area (Å²) in [5, 5.41) is 3.57. The zero-order valence-electron chi connectivity index (χ0n) is 11.6. The van der Waals surface area contributed by atoms with Crippen molar-refractivity contribution in [2.75, 3.05) is 7.11 Å². The molecule has 1 aromatic rings. The van der Waals surface area contributed by atoms with Crippen molar-refractivity contribution in [3.63, 3.8) is 0 Å². The lowest BCUT2D eigenvalue weighted by Crippen LogP contribution is -2.40. The first-order valence-electron chi connectivity index (χ1n) is 6.75. The van der Waals surface area contributed by atoms with E-state index in [0.717, 1.165) is 18.7 Å². The summed E-state index contributed by atoms with van der Waals surface area (Å²) < 4.78 is 5.50. The number of hydrogen-bond acceptors (Lipinski definition) is 3. The van der Waals surface area contributed by atoms with Crippen molar-refractivity contribution in [1.29, 1.82) is 0 Å². The van der Waals surface area contributed by atoms with Gasteiger partial charge in [-0.15, -0.1) is 0 Å². The maximum Gasteiger partial charge on any atom is 0.126 e. The lowest BCUT2D eigenvalue weighted by atomic mass is 10.0. The Kier molecular flexibility index (Phi) is 4.25. The average molecular weight is 248 g/mol. The molecule has 18 heavy (non-hydrogen) atoms. The normalized spacial score (nSPS) is 23.3. The first kappa shape index (κ1) is 13.4. The van der Waals surface area contributed by atoms with Crippen LogP contribution in [-0.4, -0.2) is 19.2 Å². The van der Waals surface area contributed by atoms with Gasteiger partial charge in [0.2, 0.25) is 0 Å². The number of aryl methyl sites for hydroxylation is 2. The van der Waals surface area contributed by atoms with Crippen LogP contribution in [0.25, 0.3) is 0 Å². The Hall–Kier alpha value is -1.06. The fraction of sp³-hybridized carbons (Fsp3) is 0.600. The Balaban J connectivity index is 2.08. The molecule has 2 rings (SSSR count). The Labute approximate surface area is 110 Å². The molecule has 1 aromatic carbocycles. The smallest absolute Gasteiger partial charge is 0.126 e. The van der Waals surface area contributed by atoms with Gasteiger partial charge in [-0.25, -0.2) is 0 Å². The summed E-state index contributed by atoms with van der Waals surface area (Å²) in [5.74, 6) is 1.000. The zero-order valence-corrected chi connectivity index (χ0v) is 11.6. The van der Waals surface area contributed by atoms with E-state index >= 15 is 0 Å². The Morgan fingerprint density at radius 2 is 2.11 bits per heavy atom. The highest BCUT2D eigenvalue weighted by Gasteiger charge is 2.23. The van der Waals surface area contributed by atoms with Crippen LogP contribution >= 0.6 is 0 Å². The topological polar surface area (TPSA) is 47.3 Å². The van der Waals surface area contributed by atoms with Crippen LogP contribution < -0.4 is 15.8 Å². The van der Waals surface area contributed by atoms with Gasteiger partial charge in [0.15, 0.2) is 0 Å². The summed E-state index contributed by atoms with van der Waals surface area (Å²) in [7, 11) is 1.74. The largest absolute Gasteiger partial charge is 0.496 e. The van der Waals surface area contributed by atoms with Crippen LogP contribution in [0, 0.1) is 13.8 Å². The van der Waals surface area contributed by atoms with E-state index in [1.165, 1.54) is 29.5 Å². The molecule has 0 aliphatic heterocycles. The van der Waals surface area contributed by atoms with Gasteiger partial charge in [-0.3, -0.25) is 0 Å². The third-order valence-electron chi connectivity index (χ3n) is 3.82. The van der Waals surface area contributed by atoms with Gasteiger partial charge in [0.25, 0.3) is 0 Å². The van der Waals surface area contributed by atoms with E-state index < -0.39 is 0 Å². The second-order valence-corrected chi connectivity index (χ2v) is 5.36. The van der Waals surface area contributed by atoms with E-state index in [4.69, 9.17) is 10.5 Å². The highest BCUT2D eigenvalue weighted by molar-refractivity contribution is 5.43. The van der Waals surface area contributed by atoms with E-state index in [2.05, 4.69) is 31.3 Å². The molecule has 1 fully saturated rings. The summed E-state index contributed by atoms with van der Waals surface area (Å²) in [6.45, 7) is 5.05. The van der Waals surface area contributed by atoms with E-state index in [9.17, 15) is 0 Å². The summed E-state index contributed by atoms with van der Waals surface area (Å²) >= 11 is 0. The van der Waals surface area contributed by atoms with Gasteiger partial charge in [-0.05, 0) is 32.3 Å². The highest BCUT2D eigenvalue weighted by Crippen LogP contribution is 2.26. The summed E-state index contributed by atoms with van der Waals surface area (Å²) in [6.07, 6.45) is 3.57. The molecule has 3 N–H and O–H groups in total. The van der Waals surface area contributed by atoms with Gasteiger partial charge in [0.1, 0.15) is 5.75 Å². The van der Waals surface area contributed by atoms with Crippen LogP contribution in [0.3, 0.4) is 0 Å². The molecule has 1 saturated carbocycles. The molecule has 0 amide bonds. The molecule has 100 valence electrons. The third-order valence-corrected chi connectivity index (χ3v) is 3.82. The second kappa shape index (κ2) is 5.72. The van der Waals surface area contributed by atoms with Crippen LogP contribution in [0.4, 0.5) is 0 Å². The molecule has 0 radical (unpaired) electrons. The summed E-state index contributed by atoms with van der Waals surface area (Å²) in [5.41, 5.74) is 9.79. The average Bonchev–Trinajstić information content (AvgIpc) is 2.71. The minimum atomic E-state index is 0.307. The van der Waals surface area contributed by atoms with Gasteiger partial charge >= 0.3 is 0 Å². The third kappa shape index (κ3) is 2.85. The molecular weight excluding hydrogens is 224 g/mol. The second-order valence-electron chi connectivity index (χ2n) is 5.36. The minimum Gasteiger partial charge on any atom is -0.496 e. The lowest BCUT2D eigenvalue weighted by Gasteiger charge is -2.19. The van der Waals surface area contributed by atoms with Crippen LogP contribution in [0.5, 0.6) is 5.75 Å². The van der Waals surface area contributed by atoms with Crippen molar-refractivity contribution in [1.82, 2.24) is 5.32 Å². The number of benzene rings is 1. The van der Waals surface area contributed by atoms with Crippen molar-refractivity contribution >= 4 is 0 Å². The predicted octanol–water partition coefficient (Wildman–Crippen LogP) is 2.28. The van der Waals surface area contributed by atoms with Crippen LogP contribution in [0.1, 0.15) is 36.0 Å². The molecule has 2 atom stereocenters. The Morgan fingerprint density at radius 1 is 1.33 bits per heavy atom. The fourth-order valence-corrected chi connectivity index (χ4v) is 2.95. The standard InChI is InChI=1S/C15H24N2O/c1-10-7-11(2)15(18-3)12(8-10)9-17-14-6-4-5-13(14)16/h7-8,13-14,17H,4-6,9,16H2,1-3H3. The molecular formula is C15H24N2O. The van der Waals surface area contributed by atoms with Gasteiger partial charge in [0, 0.05) is 24.2 Å². The first-order chi connectivity index (χ1) is 8.61. The molecule has 1 aliphatic rings. The first-order valence-corrected chi connectivity index (χ1v) is 6.75. The molecule has 1 aliphatic carbocycles. The van der Waals surface area contributed by atoms with Gasteiger partial charge in [-0.1, -0.05) is 24.1 Å². The number of nitrogens with two attached hydrogens (primary N) is 1. The number of rotatable bonds is 4. The van der Waals surface area contributed by atoms with Crippen LogP contribution in [0.15, 0.2) is 12.1 Å². The van der Waals surface area contributed by atoms with E-state index in [0.29, 0.717) is 12.1 Å². The fourth-order valence-electron chi connectivity index (χ4n) is 2.95. The quantitative estimate of drug-likeness (QED) is 0.859. The molecule has 0 spiro atoms. The number of hydrogen-bond donors (Lipinski definition) is 2. The molecule has 3 nitrogen and oxygen atoms in total. The van der Waals surface area contributed by atoms with Crippen LogP contribution in [0.2, 0.25) is 0 Å². The van der Waals surface area contributed by atoms with E-state index in [-0.39, 0.29) is 0 Å². The van der Waals surface area contributed by atoms with Gasteiger partial charge in [-0.2, -0.15) is 0 Å². The van der Waals surface area contributed by atoms with Crippen LogP contribution in [-0.2, 0) is 6.54 Å². The number of ether oxygens (including phenoxy) is 1. The van der Waals surface area contributed by atoms with E-state index in [1.54, 1.807) is 7.11 Å². The van der Waals surface area contributed by atoms with Crippen molar-refractivity contribution in [3.05, 3.63) is 28.8 Å². The number of nitrogens with one attached hydrogen (secondary N) is 1. The SMILES string of the molecule is COc1c(C)cc(C)cc1CNC1CCCC1N. The zero-order chi connectivity index (χ0) is 13.1. The van der Waals surface area contributed by atoms with Crippen molar-refractivity contribution in [3.8, 4) is 5.75 Å². The number of methoxy groups -OCH3 is 1. The maximum absolute atomic E-state index is 6.08. The minimum absolute atomic E-state index is 0.307. The molecule has 0 heterocycles. The van der Waals surface area contributed by atoms with Gasteiger partial charge < -0.3 is 15.8 Å². The van der Waals surface area contributed by atoms with Crippen molar-refractivity contribution in [2.24, 2.45) is 5.73 Å². The maximum atomic E-state index is 6.08. The highest BCUT2D eigenvalue weighted by atomic mass is 16.5. The summed E-state index contributed by atoms with van der Waals surface area (Å²) in [4.78, 5) is 0. The molecule has 0 saturated heterocycles. The monoisotopic (exact) mass is 248 g/mol. The van der Waals surface area contributed by atoms with E-state index in [1.807, 2.05) is 0 Å².